The van der Waals surface area contributed by atoms with Gasteiger partial charge in [0.2, 0.25) is 0 Å². The lowest BCUT2D eigenvalue weighted by Gasteiger charge is -2.39. The van der Waals surface area contributed by atoms with E-state index in [2.05, 4.69) is 11.8 Å². The van der Waals surface area contributed by atoms with Crippen LogP contribution in [-0.4, -0.2) is 49.3 Å². The molecule has 1 unspecified atom stereocenters. The Morgan fingerprint density at radius 1 is 1.07 bits per heavy atom. The number of rotatable bonds is 1. The second-order valence-electron chi connectivity index (χ2n) is 4.57. The standard InChI is InChI=1S/C10H19NO3/c1-9(2)13-8-10(3,14-9)11-4-6-12-7-5-11/h4-8H2,1-3H3. The quantitative estimate of drug-likeness (QED) is 0.628. The molecule has 82 valence electrons. The van der Waals surface area contributed by atoms with Crippen molar-refractivity contribution in [2.75, 3.05) is 32.9 Å². The summed E-state index contributed by atoms with van der Waals surface area (Å²) in [6.07, 6.45) is 0. The average molecular weight is 201 g/mol. The van der Waals surface area contributed by atoms with Crippen LogP contribution < -0.4 is 0 Å². The third-order valence-electron chi connectivity index (χ3n) is 2.83. The van der Waals surface area contributed by atoms with Gasteiger partial charge >= 0.3 is 0 Å². The molecule has 2 rings (SSSR count). The lowest BCUT2D eigenvalue weighted by Crippen LogP contribution is -2.53. The van der Waals surface area contributed by atoms with Gasteiger partial charge in [-0.2, -0.15) is 0 Å². The van der Waals surface area contributed by atoms with Crippen LogP contribution in [-0.2, 0) is 14.2 Å². The van der Waals surface area contributed by atoms with Gasteiger partial charge in [0.1, 0.15) is 5.72 Å². The Morgan fingerprint density at radius 3 is 2.21 bits per heavy atom. The van der Waals surface area contributed by atoms with E-state index in [-0.39, 0.29) is 5.72 Å². The van der Waals surface area contributed by atoms with Crippen LogP contribution in [0, 0.1) is 0 Å². The minimum atomic E-state index is -0.451. The highest BCUT2D eigenvalue weighted by molar-refractivity contribution is 4.85. The maximum atomic E-state index is 5.92. The molecule has 2 saturated heterocycles. The molecule has 2 aliphatic heterocycles. The summed E-state index contributed by atoms with van der Waals surface area (Å²) in [6.45, 7) is 10.1. The van der Waals surface area contributed by atoms with E-state index in [4.69, 9.17) is 14.2 Å². The molecule has 2 heterocycles. The number of morpholine rings is 1. The molecular formula is C10H19NO3. The van der Waals surface area contributed by atoms with Crippen molar-refractivity contribution in [2.24, 2.45) is 0 Å². The van der Waals surface area contributed by atoms with E-state index >= 15 is 0 Å². The minimum Gasteiger partial charge on any atom is -0.379 e. The molecule has 0 amide bonds. The fourth-order valence-electron chi connectivity index (χ4n) is 2.09. The third-order valence-corrected chi connectivity index (χ3v) is 2.83. The minimum absolute atomic E-state index is 0.271. The van der Waals surface area contributed by atoms with Gasteiger partial charge in [0.25, 0.3) is 0 Å². The molecule has 4 heteroatoms. The van der Waals surface area contributed by atoms with Gasteiger partial charge in [-0.05, 0) is 20.8 Å². The van der Waals surface area contributed by atoms with Crippen LogP contribution >= 0.6 is 0 Å². The molecule has 1 atom stereocenters. The second-order valence-corrected chi connectivity index (χ2v) is 4.57. The van der Waals surface area contributed by atoms with Gasteiger partial charge in [0.05, 0.1) is 19.8 Å². The maximum Gasteiger partial charge on any atom is 0.165 e. The van der Waals surface area contributed by atoms with Crippen molar-refractivity contribution < 1.29 is 14.2 Å². The van der Waals surface area contributed by atoms with Gasteiger partial charge in [0, 0.05) is 13.1 Å². The normalized spacial score (nSPS) is 38.8. The predicted octanol–water partition coefficient (Wildman–Crippen LogP) is 0.818. The molecule has 2 fully saturated rings. The van der Waals surface area contributed by atoms with E-state index in [0.717, 1.165) is 26.3 Å². The molecule has 2 aliphatic rings. The first-order valence-corrected chi connectivity index (χ1v) is 5.19. The van der Waals surface area contributed by atoms with Gasteiger partial charge in [-0.1, -0.05) is 0 Å². The van der Waals surface area contributed by atoms with E-state index in [1.807, 2.05) is 13.8 Å². The molecule has 0 aliphatic carbocycles. The smallest absolute Gasteiger partial charge is 0.165 e. The zero-order valence-electron chi connectivity index (χ0n) is 9.21. The largest absolute Gasteiger partial charge is 0.379 e. The SMILES string of the molecule is CC1(C)OCC(C)(N2CCOCC2)O1. The number of hydrogen-bond donors (Lipinski definition) is 0. The van der Waals surface area contributed by atoms with Crippen molar-refractivity contribution in [2.45, 2.75) is 32.3 Å². The van der Waals surface area contributed by atoms with Crippen LogP contribution in [0.3, 0.4) is 0 Å². The fourth-order valence-corrected chi connectivity index (χ4v) is 2.09. The van der Waals surface area contributed by atoms with Crippen molar-refractivity contribution in [3.63, 3.8) is 0 Å². The lowest BCUT2D eigenvalue weighted by molar-refractivity contribution is -0.205. The molecule has 0 saturated carbocycles. The molecule has 0 aromatic rings. The Kier molecular flexibility index (Phi) is 2.55. The summed E-state index contributed by atoms with van der Waals surface area (Å²) >= 11 is 0. The molecule has 14 heavy (non-hydrogen) atoms. The predicted molar refractivity (Wildman–Crippen MR) is 51.9 cm³/mol. The molecule has 0 spiro atoms. The summed E-state index contributed by atoms with van der Waals surface area (Å²) in [5.41, 5.74) is -0.271. The van der Waals surface area contributed by atoms with Crippen LogP contribution in [0.5, 0.6) is 0 Å². The van der Waals surface area contributed by atoms with E-state index in [1.165, 1.54) is 0 Å². The number of nitrogens with zero attached hydrogens (tertiary/aromatic N) is 1. The molecule has 0 aromatic carbocycles. The maximum absolute atomic E-state index is 5.92. The van der Waals surface area contributed by atoms with Crippen LogP contribution in [0.2, 0.25) is 0 Å². The first kappa shape index (κ1) is 10.4. The van der Waals surface area contributed by atoms with Crippen molar-refractivity contribution in [1.82, 2.24) is 4.90 Å². The highest BCUT2D eigenvalue weighted by Gasteiger charge is 2.46. The van der Waals surface area contributed by atoms with E-state index in [1.54, 1.807) is 0 Å². The van der Waals surface area contributed by atoms with E-state index in [0.29, 0.717) is 6.61 Å². The van der Waals surface area contributed by atoms with Crippen molar-refractivity contribution in [3.05, 3.63) is 0 Å². The molecule has 0 radical (unpaired) electrons. The summed E-state index contributed by atoms with van der Waals surface area (Å²) in [6, 6.07) is 0. The summed E-state index contributed by atoms with van der Waals surface area (Å²) in [5, 5.41) is 0. The van der Waals surface area contributed by atoms with E-state index < -0.39 is 5.79 Å². The Hall–Kier alpha value is -0.160. The van der Waals surface area contributed by atoms with Crippen LogP contribution in [0.1, 0.15) is 20.8 Å². The Morgan fingerprint density at radius 2 is 1.71 bits per heavy atom. The summed E-state index contributed by atoms with van der Waals surface area (Å²) < 4.78 is 16.8. The van der Waals surface area contributed by atoms with Crippen molar-refractivity contribution >= 4 is 0 Å². The van der Waals surface area contributed by atoms with Crippen LogP contribution in [0.25, 0.3) is 0 Å². The first-order valence-electron chi connectivity index (χ1n) is 5.19. The fraction of sp³-hybridized carbons (Fsp3) is 1.00. The van der Waals surface area contributed by atoms with Gasteiger partial charge in [-0.15, -0.1) is 0 Å². The average Bonchev–Trinajstić information content (AvgIpc) is 2.44. The van der Waals surface area contributed by atoms with E-state index in [9.17, 15) is 0 Å². The monoisotopic (exact) mass is 201 g/mol. The second kappa shape index (κ2) is 3.45. The summed E-state index contributed by atoms with van der Waals surface area (Å²) in [5.74, 6) is -0.451. The summed E-state index contributed by atoms with van der Waals surface area (Å²) in [7, 11) is 0. The lowest BCUT2D eigenvalue weighted by atomic mass is 10.2. The Balaban J connectivity index is 2.01. The molecule has 0 aromatic heterocycles. The van der Waals surface area contributed by atoms with Crippen molar-refractivity contribution in [3.8, 4) is 0 Å². The van der Waals surface area contributed by atoms with Gasteiger partial charge in [-0.3, -0.25) is 4.90 Å². The molecule has 0 bridgehead atoms. The Labute approximate surface area is 85.1 Å². The zero-order valence-corrected chi connectivity index (χ0v) is 9.21. The number of hydrogen-bond acceptors (Lipinski definition) is 4. The van der Waals surface area contributed by atoms with Gasteiger partial charge in [-0.25, -0.2) is 0 Å². The van der Waals surface area contributed by atoms with Crippen LogP contribution in [0.4, 0.5) is 0 Å². The van der Waals surface area contributed by atoms with Gasteiger partial charge in [0.15, 0.2) is 5.79 Å². The molecule has 4 nitrogen and oxygen atoms in total. The molecule has 0 N–H and O–H groups in total. The summed E-state index contributed by atoms with van der Waals surface area (Å²) in [4.78, 5) is 2.30. The zero-order chi connectivity index (χ0) is 10.2. The first-order chi connectivity index (χ1) is 6.52. The van der Waals surface area contributed by atoms with Crippen molar-refractivity contribution in [1.29, 1.82) is 0 Å². The highest BCUT2D eigenvalue weighted by atomic mass is 16.8. The Bertz CT molecular complexity index is 213. The molecular weight excluding hydrogens is 182 g/mol. The van der Waals surface area contributed by atoms with Crippen LogP contribution in [0.15, 0.2) is 0 Å². The highest BCUT2D eigenvalue weighted by Crippen LogP contribution is 2.33. The number of ether oxygens (including phenoxy) is 3. The third kappa shape index (κ3) is 1.93. The van der Waals surface area contributed by atoms with Gasteiger partial charge < -0.3 is 14.2 Å². The topological polar surface area (TPSA) is 30.9 Å².